The van der Waals surface area contributed by atoms with Crippen LogP contribution in [0.2, 0.25) is 0 Å². The number of imidazole rings is 1. The molecule has 0 aliphatic heterocycles. The van der Waals surface area contributed by atoms with Crippen LogP contribution >= 0.6 is 12.4 Å². The summed E-state index contributed by atoms with van der Waals surface area (Å²) in [5.41, 5.74) is 1.36. The molecule has 13 heavy (non-hydrogen) atoms. The third kappa shape index (κ3) is 1.58. The molecule has 2 rings (SSSR count). The second-order valence-electron chi connectivity index (χ2n) is 2.73. The number of nitrogens with one attached hydrogen (secondary N) is 2. The van der Waals surface area contributed by atoms with Gasteiger partial charge in [-0.25, -0.2) is 9.18 Å². The number of benzene rings is 1. The molecule has 0 aliphatic rings. The van der Waals surface area contributed by atoms with Crippen molar-refractivity contribution in [2.24, 2.45) is 0 Å². The quantitative estimate of drug-likeness (QED) is 0.672. The summed E-state index contributed by atoms with van der Waals surface area (Å²) < 4.78 is 12.9. The maximum Gasteiger partial charge on any atom is 0.323 e. The van der Waals surface area contributed by atoms with Crippen LogP contribution in [0.3, 0.4) is 0 Å². The van der Waals surface area contributed by atoms with E-state index in [1.54, 1.807) is 13.0 Å². The zero-order valence-electron chi connectivity index (χ0n) is 6.85. The summed E-state index contributed by atoms with van der Waals surface area (Å²) >= 11 is 0. The molecule has 2 N–H and O–H groups in total. The fourth-order valence-corrected chi connectivity index (χ4v) is 1.16. The molecule has 0 spiro atoms. The Balaban J connectivity index is 0.000000845. The highest BCUT2D eigenvalue weighted by Crippen LogP contribution is 2.13. The number of aryl methyl sites for hydroxylation is 1. The van der Waals surface area contributed by atoms with Gasteiger partial charge in [0.1, 0.15) is 5.82 Å². The lowest BCUT2D eigenvalue weighted by Crippen LogP contribution is -1.99. The normalized spacial score (nSPS) is 10.0. The fourth-order valence-electron chi connectivity index (χ4n) is 1.16. The molecule has 0 atom stereocenters. The smallest absolute Gasteiger partial charge is 0.306 e. The van der Waals surface area contributed by atoms with Crippen LogP contribution in [0.4, 0.5) is 4.39 Å². The van der Waals surface area contributed by atoms with Gasteiger partial charge in [-0.05, 0) is 24.6 Å². The molecule has 2 aromatic rings. The summed E-state index contributed by atoms with van der Waals surface area (Å²) in [5, 5.41) is 0. The lowest BCUT2D eigenvalue weighted by atomic mass is 10.2. The minimum atomic E-state index is -0.310. The standard InChI is InChI=1S/C8H7FN2O.ClH/c1-4-2-6-7(3-5(4)9)11-8(12)10-6;/h2-3H,1H3,(H2,10,11,12);1H. The second kappa shape index (κ2) is 3.22. The summed E-state index contributed by atoms with van der Waals surface area (Å²) in [4.78, 5) is 15.8. The van der Waals surface area contributed by atoms with Gasteiger partial charge in [0.05, 0.1) is 11.0 Å². The number of hydrogen-bond acceptors (Lipinski definition) is 1. The van der Waals surface area contributed by atoms with Crippen molar-refractivity contribution in [3.8, 4) is 0 Å². The number of halogens is 2. The van der Waals surface area contributed by atoms with E-state index < -0.39 is 0 Å². The molecule has 0 aliphatic carbocycles. The highest BCUT2D eigenvalue weighted by Gasteiger charge is 2.02. The zero-order valence-corrected chi connectivity index (χ0v) is 7.67. The Morgan fingerprint density at radius 1 is 1.23 bits per heavy atom. The molecule has 70 valence electrons. The van der Waals surface area contributed by atoms with Crippen molar-refractivity contribution < 1.29 is 4.39 Å². The molecule has 3 nitrogen and oxygen atoms in total. The molecule has 1 aromatic heterocycles. The predicted molar refractivity (Wildman–Crippen MR) is 50.9 cm³/mol. The molecular formula is C8H8ClFN2O. The SMILES string of the molecule is Cc1cc2[nH]c(=O)[nH]c2cc1F.Cl. The highest BCUT2D eigenvalue weighted by molar-refractivity contribution is 5.85. The van der Waals surface area contributed by atoms with Gasteiger partial charge in [-0.2, -0.15) is 0 Å². The van der Waals surface area contributed by atoms with Gasteiger partial charge >= 0.3 is 5.69 Å². The molecule has 0 amide bonds. The maximum absolute atomic E-state index is 12.9. The monoisotopic (exact) mass is 202 g/mol. The number of rotatable bonds is 0. The fraction of sp³-hybridized carbons (Fsp3) is 0.125. The van der Waals surface area contributed by atoms with E-state index in [1.165, 1.54) is 6.07 Å². The molecule has 0 fully saturated rings. The highest BCUT2D eigenvalue weighted by atomic mass is 35.5. The first kappa shape index (κ1) is 9.80. The number of fused-ring (bicyclic) bond motifs is 1. The average molecular weight is 203 g/mol. The van der Waals surface area contributed by atoms with Crippen LogP contribution in [-0.2, 0) is 0 Å². The van der Waals surface area contributed by atoms with Crippen molar-refractivity contribution in [2.75, 3.05) is 0 Å². The first-order valence-corrected chi connectivity index (χ1v) is 3.55. The Morgan fingerprint density at radius 3 is 2.38 bits per heavy atom. The summed E-state index contributed by atoms with van der Waals surface area (Å²) in [7, 11) is 0. The summed E-state index contributed by atoms with van der Waals surface area (Å²) in [6.07, 6.45) is 0. The average Bonchev–Trinajstić information content (AvgIpc) is 2.30. The maximum atomic E-state index is 12.9. The van der Waals surface area contributed by atoms with Crippen molar-refractivity contribution in [3.05, 3.63) is 34.0 Å². The van der Waals surface area contributed by atoms with Crippen LogP contribution in [0, 0.1) is 12.7 Å². The molecule has 0 bridgehead atoms. The number of hydrogen-bond donors (Lipinski definition) is 2. The summed E-state index contributed by atoms with van der Waals surface area (Å²) in [6.45, 7) is 1.65. The van der Waals surface area contributed by atoms with E-state index in [-0.39, 0.29) is 23.9 Å². The summed E-state index contributed by atoms with van der Waals surface area (Å²) in [5.74, 6) is -0.308. The van der Waals surface area contributed by atoms with E-state index in [2.05, 4.69) is 9.97 Å². The van der Waals surface area contributed by atoms with E-state index in [9.17, 15) is 9.18 Å². The number of aromatic nitrogens is 2. The van der Waals surface area contributed by atoms with E-state index in [1.807, 2.05) is 0 Å². The second-order valence-corrected chi connectivity index (χ2v) is 2.73. The number of aromatic amines is 2. The van der Waals surface area contributed by atoms with E-state index >= 15 is 0 Å². The van der Waals surface area contributed by atoms with Gasteiger partial charge in [-0.15, -0.1) is 12.4 Å². The Hall–Kier alpha value is -1.29. The Labute approximate surface area is 79.4 Å². The van der Waals surface area contributed by atoms with Crippen molar-refractivity contribution in [2.45, 2.75) is 6.92 Å². The molecule has 0 saturated heterocycles. The lowest BCUT2D eigenvalue weighted by molar-refractivity contribution is 0.620. The van der Waals surface area contributed by atoms with Gasteiger partial charge in [0.25, 0.3) is 0 Å². The lowest BCUT2D eigenvalue weighted by Gasteiger charge is -1.94. The van der Waals surface area contributed by atoms with Gasteiger partial charge < -0.3 is 9.97 Å². The van der Waals surface area contributed by atoms with Gasteiger partial charge in [-0.3, -0.25) is 0 Å². The topological polar surface area (TPSA) is 48.6 Å². The van der Waals surface area contributed by atoms with Gasteiger partial charge in [0.15, 0.2) is 0 Å². The number of H-pyrrole nitrogens is 2. The molecule has 1 aromatic carbocycles. The van der Waals surface area contributed by atoms with E-state index in [0.717, 1.165) is 0 Å². The summed E-state index contributed by atoms with van der Waals surface area (Å²) in [6, 6.07) is 2.91. The van der Waals surface area contributed by atoms with Gasteiger partial charge in [0, 0.05) is 0 Å². The molecule has 0 radical (unpaired) electrons. The Morgan fingerprint density at radius 2 is 1.77 bits per heavy atom. The van der Waals surface area contributed by atoms with Crippen LogP contribution in [0.15, 0.2) is 16.9 Å². The predicted octanol–water partition coefficient (Wildman–Crippen LogP) is 1.73. The van der Waals surface area contributed by atoms with E-state index in [0.29, 0.717) is 16.6 Å². The van der Waals surface area contributed by atoms with Crippen LogP contribution < -0.4 is 5.69 Å². The van der Waals surface area contributed by atoms with Crippen molar-refractivity contribution in [3.63, 3.8) is 0 Å². The van der Waals surface area contributed by atoms with Crippen molar-refractivity contribution >= 4 is 23.4 Å². The Kier molecular flexibility index (Phi) is 2.43. The third-order valence-electron chi connectivity index (χ3n) is 1.80. The Bertz CT molecular complexity index is 446. The first-order valence-electron chi connectivity index (χ1n) is 3.55. The largest absolute Gasteiger partial charge is 0.323 e. The molecule has 0 unspecified atom stereocenters. The van der Waals surface area contributed by atoms with Crippen LogP contribution in [0.5, 0.6) is 0 Å². The molecule has 1 heterocycles. The zero-order chi connectivity index (χ0) is 8.72. The minimum Gasteiger partial charge on any atom is -0.306 e. The third-order valence-corrected chi connectivity index (χ3v) is 1.80. The van der Waals surface area contributed by atoms with Crippen LogP contribution in [-0.4, -0.2) is 9.97 Å². The minimum absolute atomic E-state index is 0. The molecule has 0 saturated carbocycles. The van der Waals surface area contributed by atoms with Crippen LogP contribution in [0.1, 0.15) is 5.56 Å². The van der Waals surface area contributed by atoms with Crippen molar-refractivity contribution in [1.29, 1.82) is 0 Å². The van der Waals surface area contributed by atoms with E-state index in [4.69, 9.17) is 0 Å². The molecule has 5 heteroatoms. The van der Waals surface area contributed by atoms with Crippen LogP contribution in [0.25, 0.3) is 11.0 Å². The molecular weight excluding hydrogens is 195 g/mol. The van der Waals surface area contributed by atoms with Gasteiger partial charge in [0.2, 0.25) is 0 Å². The van der Waals surface area contributed by atoms with Gasteiger partial charge in [-0.1, -0.05) is 0 Å². The van der Waals surface area contributed by atoms with Crippen molar-refractivity contribution in [1.82, 2.24) is 9.97 Å². The first-order chi connectivity index (χ1) is 5.66.